The second kappa shape index (κ2) is 9.18. The van der Waals surface area contributed by atoms with Gasteiger partial charge in [-0.2, -0.15) is 0 Å². The molecule has 0 aliphatic carbocycles. The number of benzene rings is 2. The lowest BCUT2D eigenvalue weighted by Crippen LogP contribution is -2.18. The van der Waals surface area contributed by atoms with Crippen LogP contribution in [0.2, 0.25) is 0 Å². The Morgan fingerprint density at radius 2 is 1.78 bits per heavy atom. The number of ether oxygens (including phenoxy) is 3. The van der Waals surface area contributed by atoms with Crippen molar-refractivity contribution in [2.75, 3.05) is 35.5 Å². The van der Waals surface area contributed by atoms with E-state index in [0.29, 0.717) is 35.2 Å². The highest BCUT2D eigenvalue weighted by molar-refractivity contribution is 8.00. The summed E-state index contributed by atoms with van der Waals surface area (Å²) < 4.78 is 16.0. The fraction of sp³-hybridized carbons (Fsp3) is 0.263. The molecule has 0 atom stereocenters. The molecule has 1 heterocycles. The number of hydrogen-bond acceptors (Lipinski definition) is 6. The Bertz CT molecular complexity index is 827. The molecule has 0 radical (unpaired) electrons. The third kappa shape index (κ3) is 5.30. The van der Waals surface area contributed by atoms with Gasteiger partial charge in [0, 0.05) is 11.8 Å². The van der Waals surface area contributed by atoms with Crippen molar-refractivity contribution in [3.63, 3.8) is 0 Å². The molecule has 0 unspecified atom stereocenters. The Kier molecular flexibility index (Phi) is 6.43. The molecule has 7 nitrogen and oxygen atoms in total. The van der Waals surface area contributed by atoms with Crippen molar-refractivity contribution in [1.82, 2.24) is 0 Å². The van der Waals surface area contributed by atoms with Crippen LogP contribution in [-0.4, -0.2) is 36.7 Å². The van der Waals surface area contributed by atoms with Crippen molar-refractivity contribution in [2.45, 2.75) is 6.92 Å². The molecule has 8 heteroatoms. The van der Waals surface area contributed by atoms with Gasteiger partial charge in [0.2, 0.25) is 18.6 Å². The molecule has 0 fully saturated rings. The van der Waals surface area contributed by atoms with E-state index in [4.69, 9.17) is 14.2 Å². The number of nitrogens with one attached hydrogen (secondary N) is 2. The quantitative estimate of drug-likeness (QED) is 0.723. The molecule has 0 bridgehead atoms. The first-order chi connectivity index (χ1) is 13.2. The minimum absolute atomic E-state index is 0.162. The summed E-state index contributed by atoms with van der Waals surface area (Å²) in [7, 11) is 0. The highest BCUT2D eigenvalue weighted by Crippen LogP contribution is 2.34. The molecule has 1 aliphatic heterocycles. The van der Waals surface area contributed by atoms with Crippen LogP contribution in [0.4, 0.5) is 11.4 Å². The number of para-hydroxylation sites is 2. The highest BCUT2D eigenvalue weighted by Gasteiger charge is 2.14. The third-order valence-electron chi connectivity index (χ3n) is 3.58. The zero-order valence-corrected chi connectivity index (χ0v) is 15.6. The molecule has 142 valence electrons. The average molecular weight is 388 g/mol. The van der Waals surface area contributed by atoms with E-state index < -0.39 is 0 Å². The van der Waals surface area contributed by atoms with Crippen LogP contribution in [0, 0.1) is 0 Å². The minimum atomic E-state index is -0.193. The van der Waals surface area contributed by atoms with Crippen LogP contribution in [0.15, 0.2) is 42.5 Å². The number of carbonyl (C=O) groups is 2. The molecule has 3 rings (SSSR count). The fourth-order valence-corrected chi connectivity index (χ4v) is 3.06. The fourth-order valence-electron chi connectivity index (χ4n) is 2.45. The van der Waals surface area contributed by atoms with Gasteiger partial charge in [-0.1, -0.05) is 12.1 Å². The van der Waals surface area contributed by atoms with Crippen molar-refractivity contribution in [3.05, 3.63) is 42.5 Å². The topological polar surface area (TPSA) is 85.9 Å². The third-order valence-corrected chi connectivity index (χ3v) is 4.52. The molecule has 1 aliphatic rings. The first-order valence-corrected chi connectivity index (χ1v) is 9.60. The Labute approximate surface area is 161 Å². The molecule has 0 saturated heterocycles. The molecule has 0 aromatic heterocycles. The first kappa shape index (κ1) is 18.9. The average Bonchev–Trinajstić information content (AvgIpc) is 3.11. The van der Waals surface area contributed by atoms with Crippen LogP contribution < -0.4 is 24.8 Å². The van der Waals surface area contributed by atoms with E-state index in [1.54, 1.807) is 30.3 Å². The smallest absolute Gasteiger partial charge is 0.234 e. The predicted molar refractivity (Wildman–Crippen MR) is 105 cm³/mol. The maximum absolute atomic E-state index is 12.1. The summed E-state index contributed by atoms with van der Waals surface area (Å²) in [6.07, 6.45) is 0. The van der Waals surface area contributed by atoms with Crippen LogP contribution in [0.5, 0.6) is 17.2 Å². The molecule has 2 N–H and O–H groups in total. The SMILES string of the molecule is CCOc1ccccc1NC(=O)CSCC(=O)Nc1ccc2c(c1)OCO2. The molecule has 2 amide bonds. The van der Waals surface area contributed by atoms with E-state index in [9.17, 15) is 9.59 Å². The van der Waals surface area contributed by atoms with Crippen molar-refractivity contribution < 1.29 is 23.8 Å². The van der Waals surface area contributed by atoms with Gasteiger partial charge in [-0.3, -0.25) is 9.59 Å². The van der Waals surface area contributed by atoms with Crippen molar-refractivity contribution >= 4 is 35.0 Å². The minimum Gasteiger partial charge on any atom is -0.492 e. The van der Waals surface area contributed by atoms with Crippen molar-refractivity contribution in [1.29, 1.82) is 0 Å². The normalized spacial score (nSPS) is 11.7. The lowest BCUT2D eigenvalue weighted by atomic mass is 10.3. The van der Waals surface area contributed by atoms with E-state index in [1.165, 1.54) is 11.8 Å². The van der Waals surface area contributed by atoms with Crippen LogP contribution in [0.3, 0.4) is 0 Å². The number of amides is 2. The highest BCUT2D eigenvalue weighted by atomic mass is 32.2. The zero-order valence-electron chi connectivity index (χ0n) is 14.8. The van der Waals surface area contributed by atoms with Gasteiger partial charge in [-0.05, 0) is 31.2 Å². The molecule has 2 aromatic carbocycles. The lowest BCUT2D eigenvalue weighted by molar-refractivity contribution is -0.114. The van der Waals surface area contributed by atoms with Gasteiger partial charge in [0.15, 0.2) is 11.5 Å². The van der Waals surface area contributed by atoms with Gasteiger partial charge < -0.3 is 24.8 Å². The summed E-state index contributed by atoms with van der Waals surface area (Å²) in [6.45, 7) is 2.58. The van der Waals surface area contributed by atoms with Crippen LogP contribution in [0.25, 0.3) is 0 Å². The second-order valence-electron chi connectivity index (χ2n) is 5.59. The summed E-state index contributed by atoms with van der Waals surface area (Å²) in [5.41, 5.74) is 1.25. The molecule has 0 saturated carbocycles. The monoisotopic (exact) mass is 388 g/mol. The number of anilines is 2. The van der Waals surface area contributed by atoms with E-state index in [1.807, 2.05) is 19.1 Å². The maximum atomic E-state index is 12.1. The Balaban J connectivity index is 1.43. The summed E-state index contributed by atoms with van der Waals surface area (Å²) in [5.74, 6) is 1.83. The van der Waals surface area contributed by atoms with Crippen molar-refractivity contribution in [3.8, 4) is 17.2 Å². The standard InChI is InChI=1S/C19H20N2O5S/c1-2-24-15-6-4-3-5-14(15)21-19(23)11-27-10-18(22)20-13-7-8-16-17(9-13)26-12-25-16/h3-9H,2,10-12H2,1H3,(H,20,22)(H,21,23). The van der Waals surface area contributed by atoms with Crippen LogP contribution in [-0.2, 0) is 9.59 Å². The molecule has 2 aromatic rings. The Hall–Kier alpha value is -2.87. The van der Waals surface area contributed by atoms with Gasteiger partial charge in [-0.15, -0.1) is 11.8 Å². The molecular formula is C19H20N2O5S. The van der Waals surface area contributed by atoms with Crippen LogP contribution in [0.1, 0.15) is 6.92 Å². The van der Waals surface area contributed by atoms with Gasteiger partial charge in [-0.25, -0.2) is 0 Å². The van der Waals surface area contributed by atoms with E-state index in [0.717, 1.165) is 0 Å². The number of fused-ring (bicyclic) bond motifs is 1. The van der Waals surface area contributed by atoms with E-state index in [-0.39, 0.29) is 30.1 Å². The number of rotatable bonds is 8. The summed E-state index contributed by atoms with van der Waals surface area (Å²) >= 11 is 1.23. The van der Waals surface area contributed by atoms with Gasteiger partial charge in [0.1, 0.15) is 5.75 Å². The first-order valence-electron chi connectivity index (χ1n) is 8.44. The summed E-state index contributed by atoms with van der Waals surface area (Å²) in [4.78, 5) is 24.1. The predicted octanol–water partition coefficient (Wildman–Crippen LogP) is 3.12. The molecular weight excluding hydrogens is 368 g/mol. The molecule has 27 heavy (non-hydrogen) atoms. The largest absolute Gasteiger partial charge is 0.492 e. The second-order valence-corrected chi connectivity index (χ2v) is 6.57. The summed E-state index contributed by atoms with van der Waals surface area (Å²) in [5, 5.41) is 5.57. The van der Waals surface area contributed by atoms with Gasteiger partial charge in [0.05, 0.1) is 23.8 Å². The number of hydrogen-bond donors (Lipinski definition) is 2. The van der Waals surface area contributed by atoms with Gasteiger partial charge in [0.25, 0.3) is 0 Å². The zero-order chi connectivity index (χ0) is 19.1. The Morgan fingerprint density at radius 3 is 2.59 bits per heavy atom. The Morgan fingerprint density at radius 1 is 1.04 bits per heavy atom. The maximum Gasteiger partial charge on any atom is 0.234 e. The summed E-state index contributed by atoms with van der Waals surface area (Å²) in [6, 6.07) is 12.4. The number of carbonyl (C=O) groups excluding carboxylic acids is 2. The van der Waals surface area contributed by atoms with Gasteiger partial charge >= 0.3 is 0 Å². The van der Waals surface area contributed by atoms with Crippen LogP contribution >= 0.6 is 11.8 Å². The van der Waals surface area contributed by atoms with Crippen molar-refractivity contribution in [2.24, 2.45) is 0 Å². The van der Waals surface area contributed by atoms with E-state index >= 15 is 0 Å². The molecule has 0 spiro atoms. The lowest BCUT2D eigenvalue weighted by Gasteiger charge is -2.11. The van der Waals surface area contributed by atoms with E-state index in [2.05, 4.69) is 10.6 Å². The number of thioether (sulfide) groups is 1.